The van der Waals surface area contributed by atoms with Gasteiger partial charge in [-0.05, 0) is 35.7 Å². The van der Waals surface area contributed by atoms with E-state index in [0.717, 1.165) is 15.6 Å². The third-order valence-electron chi connectivity index (χ3n) is 3.63. The summed E-state index contributed by atoms with van der Waals surface area (Å²) in [7, 11) is 0. The van der Waals surface area contributed by atoms with Crippen LogP contribution in [0.1, 0.15) is 11.1 Å². The molecule has 0 aliphatic rings. The van der Waals surface area contributed by atoms with Gasteiger partial charge in [0, 0.05) is 19.9 Å². The van der Waals surface area contributed by atoms with Crippen molar-refractivity contribution >= 4 is 39.1 Å². The molecule has 0 amide bonds. The molecule has 0 heterocycles. The lowest BCUT2D eigenvalue weighted by atomic mass is 9.77. The van der Waals surface area contributed by atoms with E-state index in [0.29, 0.717) is 16.5 Å². The fraction of sp³-hybridized carbons (Fsp3) is 0.250. The number of hydrogen-bond acceptors (Lipinski definition) is 2. The first-order valence-electron chi connectivity index (χ1n) is 6.43. The zero-order valence-electron chi connectivity index (χ0n) is 11.2. The van der Waals surface area contributed by atoms with Gasteiger partial charge in [-0.1, -0.05) is 63.4 Å². The fourth-order valence-electron chi connectivity index (χ4n) is 2.36. The molecule has 2 N–H and O–H groups in total. The van der Waals surface area contributed by atoms with Crippen LogP contribution in [-0.4, -0.2) is 23.4 Å². The maximum Gasteiger partial charge on any atom is 0.0553 e. The highest BCUT2D eigenvalue weighted by molar-refractivity contribution is 9.10. The van der Waals surface area contributed by atoms with E-state index in [1.807, 2.05) is 24.3 Å². The molecule has 0 spiro atoms. The Balaban J connectivity index is 2.51. The first-order valence-corrected chi connectivity index (χ1v) is 7.98. The smallest absolute Gasteiger partial charge is 0.0553 e. The molecule has 112 valence electrons. The van der Waals surface area contributed by atoms with Crippen LogP contribution in [0.3, 0.4) is 0 Å². The lowest BCUT2D eigenvalue weighted by molar-refractivity contribution is 0.116. The van der Waals surface area contributed by atoms with Crippen LogP contribution >= 0.6 is 39.1 Å². The first kappa shape index (κ1) is 16.8. The highest BCUT2D eigenvalue weighted by atomic mass is 79.9. The second-order valence-corrected chi connectivity index (χ2v) is 6.62. The van der Waals surface area contributed by atoms with Crippen molar-refractivity contribution in [2.24, 2.45) is 0 Å². The van der Waals surface area contributed by atoms with Crippen LogP contribution in [0.5, 0.6) is 0 Å². The van der Waals surface area contributed by atoms with Gasteiger partial charge in [-0.2, -0.15) is 0 Å². The summed E-state index contributed by atoms with van der Waals surface area (Å²) < 4.78 is 0.830. The Morgan fingerprint density at radius 1 is 0.905 bits per heavy atom. The molecule has 0 aliphatic carbocycles. The maximum absolute atomic E-state index is 9.93. The minimum atomic E-state index is -0.852. The number of benzene rings is 2. The van der Waals surface area contributed by atoms with Crippen LogP contribution < -0.4 is 0 Å². The molecule has 2 aromatic carbocycles. The molecule has 0 aliphatic heterocycles. The van der Waals surface area contributed by atoms with Crippen molar-refractivity contribution in [2.45, 2.75) is 11.8 Å². The van der Waals surface area contributed by atoms with Gasteiger partial charge in [0.05, 0.1) is 13.2 Å². The Labute approximate surface area is 142 Å². The maximum atomic E-state index is 9.93. The number of halogens is 3. The van der Waals surface area contributed by atoms with Crippen molar-refractivity contribution in [2.75, 3.05) is 13.2 Å². The Bertz CT molecular complexity index is 607. The number of aliphatic hydroxyl groups excluding tert-OH is 2. The largest absolute Gasteiger partial charge is 0.395 e. The van der Waals surface area contributed by atoms with E-state index >= 15 is 0 Å². The van der Waals surface area contributed by atoms with Crippen LogP contribution in [-0.2, 0) is 11.8 Å². The third-order valence-corrected chi connectivity index (χ3v) is 5.03. The van der Waals surface area contributed by atoms with Gasteiger partial charge in [-0.15, -0.1) is 0 Å². The highest BCUT2D eigenvalue weighted by Gasteiger charge is 2.34. The second kappa shape index (κ2) is 7.12. The van der Waals surface area contributed by atoms with Crippen molar-refractivity contribution < 1.29 is 10.2 Å². The molecule has 2 rings (SSSR count). The van der Waals surface area contributed by atoms with Crippen LogP contribution in [0.25, 0.3) is 0 Å². The van der Waals surface area contributed by atoms with Crippen molar-refractivity contribution in [3.8, 4) is 0 Å². The summed E-state index contributed by atoms with van der Waals surface area (Å²) >= 11 is 15.9. The average Bonchev–Trinajstić information content (AvgIpc) is 2.49. The number of aliphatic hydroxyl groups is 2. The van der Waals surface area contributed by atoms with E-state index < -0.39 is 5.41 Å². The molecule has 0 unspecified atom stereocenters. The van der Waals surface area contributed by atoms with E-state index in [2.05, 4.69) is 15.9 Å². The Hall–Kier alpha value is -0.580. The van der Waals surface area contributed by atoms with Gasteiger partial charge in [-0.3, -0.25) is 0 Å². The van der Waals surface area contributed by atoms with Gasteiger partial charge in [-0.25, -0.2) is 0 Å². The summed E-state index contributed by atoms with van der Waals surface area (Å²) in [4.78, 5) is 0. The van der Waals surface area contributed by atoms with Crippen LogP contribution in [0.4, 0.5) is 0 Å². The van der Waals surface area contributed by atoms with Gasteiger partial charge in [0.1, 0.15) is 0 Å². The minimum Gasteiger partial charge on any atom is -0.395 e. The van der Waals surface area contributed by atoms with Crippen LogP contribution in [0.2, 0.25) is 10.0 Å². The van der Waals surface area contributed by atoms with Crippen molar-refractivity contribution in [3.63, 3.8) is 0 Å². The molecular weight excluding hydrogens is 375 g/mol. The van der Waals surface area contributed by atoms with E-state index in [9.17, 15) is 10.2 Å². The van der Waals surface area contributed by atoms with Crippen LogP contribution in [0.15, 0.2) is 46.9 Å². The van der Waals surface area contributed by atoms with Gasteiger partial charge >= 0.3 is 0 Å². The topological polar surface area (TPSA) is 40.5 Å². The third kappa shape index (κ3) is 3.43. The monoisotopic (exact) mass is 388 g/mol. The molecule has 0 radical (unpaired) electrons. The summed E-state index contributed by atoms with van der Waals surface area (Å²) in [5, 5.41) is 20.9. The molecule has 2 aromatic rings. The van der Waals surface area contributed by atoms with E-state index in [4.69, 9.17) is 23.2 Å². The molecule has 0 saturated heterocycles. The predicted octanol–water partition coefficient (Wildman–Crippen LogP) is 4.22. The second-order valence-electron chi connectivity index (χ2n) is 4.95. The normalized spacial score (nSPS) is 11.7. The average molecular weight is 390 g/mol. The van der Waals surface area contributed by atoms with Gasteiger partial charge < -0.3 is 10.2 Å². The fourth-order valence-corrected chi connectivity index (χ4v) is 3.59. The van der Waals surface area contributed by atoms with E-state index in [1.165, 1.54) is 0 Å². The number of hydrogen-bond donors (Lipinski definition) is 2. The van der Waals surface area contributed by atoms with Gasteiger partial charge in [0.2, 0.25) is 0 Å². The van der Waals surface area contributed by atoms with Gasteiger partial charge in [0.15, 0.2) is 0 Å². The highest BCUT2D eigenvalue weighted by Crippen LogP contribution is 2.37. The lowest BCUT2D eigenvalue weighted by Gasteiger charge is -2.32. The minimum absolute atomic E-state index is 0.215. The summed E-state index contributed by atoms with van der Waals surface area (Å²) in [5.41, 5.74) is 0.694. The molecular formula is C16H15BrCl2O2. The summed E-state index contributed by atoms with van der Waals surface area (Å²) in [5.74, 6) is 0. The van der Waals surface area contributed by atoms with Crippen molar-refractivity contribution in [1.29, 1.82) is 0 Å². The molecule has 2 nitrogen and oxygen atoms in total. The van der Waals surface area contributed by atoms with E-state index in [1.54, 1.807) is 18.2 Å². The Morgan fingerprint density at radius 2 is 1.48 bits per heavy atom. The van der Waals surface area contributed by atoms with E-state index in [-0.39, 0.29) is 13.2 Å². The standard InChI is InChI=1S/C16H15BrCl2O2/c17-13-5-2-1-4-12(13)16(9-20,10-21)8-11-14(18)6-3-7-15(11)19/h1-7,20-21H,8-10H2. The molecule has 0 aromatic heterocycles. The molecule has 0 atom stereocenters. The lowest BCUT2D eigenvalue weighted by Crippen LogP contribution is -2.37. The molecule has 0 bridgehead atoms. The summed E-state index contributed by atoms with van der Waals surface area (Å²) in [6.45, 7) is -0.429. The zero-order valence-corrected chi connectivity index (χ0v) is 14.3. The zero-order chi connectivity index (χ0) is 15.5. The Kier molecular flexibility index (Phi) is 5.69. The summed E-state index contributed by atoms with van der Waals surface area (Å²) in [6.07, 6.45) is 0.348. The molecule has 0 saturated carbocycles. The van der Waals surface area contributed by atoms with Crippen LogP contribution in [0, 0.1) is 0 Å². The predicted molar refractivity (Wildman–Crippen MR) is 90.2 cm³/mol. The molecule has 5 heteroatoms. The molecule has 21 heavy (non-hydrogen) atoms. The SMILES string of the molecule is OCC(CO)(Cc1c(Cl)cccc1Cl)c1ccccc1Br. The summed E-state index contributed by atoms with van der Waals surface area (Å²) in [6, 6.07) is 12.8. The molecule has 0 fully saturated rings. The van der Waals surface area contributed by atoms with Gasteiger partial charge in [0.25, 0.3) is 0 Å². The quantitative estimate of drug-likeness (QED) is 0.803. The van der Waals surface area contributed by atoms with Crippen molar-refractivity contribution in [3.05, 3.63) is 68.1 Å². The first-order chi connectivity index (χ1) is 10.0. The van der Waals surface area contributed by atoms with Crippen molar-refractivity contribution in [1.82, 2.24) is 0 Å². The number of rotatable bonds is 5. The Morgan fingerprint density at radius 3 is 2.00 bits per heavy atom.